The second-order valence-corrected chi connectivity index (χ2v) is 3.41. The summed E-state index contributed by atoms with van der Waals surface area (Å²) < 4.78 is 1.53. The molecule has 76 valence electrons. The molecule has 0 unspecified atom stereocenters. The van der Waals surface area contributed by atoms with Crippen LogP contribution in [0.1, 0.15) is 0 Å². The SMILES string of the molecule is Cn1cc(-c2ccc(O)cc2)ccc1=O. The van der Waals surface area contributed by atoms with Crippen LogP contribution in [0.5, 0.6) is 5.75 Å². The van der Waals surface area contributed by atoms with Gasteiger partial charge < -0.3 is 9.67 Å². The lowest BCUT2D eigenvalue weighted by molar-refractivity contribution is 0.475. The lowest BCUT2D eigenvalue weighted by Gasteiger charge is -2.03. The Morgan fingerprint density at radius 1 is 1.00 bits per heavy atom. The number of aromatic hydroxyl groups is 1. The third kappa shape index (κ3) is 1.91. The second kappa shape index (κ2) is 3.61. The van der Waals surface area contributed by atoms with Crippen LogP contribution < -0.4 is 5.56 Å². The molecule has 2 aromatic rings. The van der Waals surface area contributed by atoms with Gasteiger partial charge in [-0.2, -0.15) is 0 Å². The fourth-order valence-corrected chi connectivity index (χ4v) is 1.42. The number of aromatic nitrogens is 1. The summed E-state index contributed by atoms with van der Waals surface area (Å²) in [5, 5.41) is 9.15. The largest absolute Gasteiger partial charge is 0.508 e. The predicted octanol–water partition coefficient (Wildman–Crippen LogP) is 1.76. The van der Waals surface area contributed by atoms with E-state index in [-0.39, 0.29) is 11.3 Å². The lowest BCUT2D eigenvalue weighted by atomic mass is 10.1. The highest BCUT2D eigenvalue weighted by atomic mass is 16.3. The molecule has 2 rings (SSSR count). The average Bonchev–Trinajstić information content (AvgIpc) is 2.23. The maximum atomic E-state index is 11.2. The van der Waals surface area contributed by atoms with Crippen LogP contribution in [0.3, 0.4) is 0 Å². The molecule has 0 saturated heterocycles. The first kappa shape index (κ1) is 9.52. The quantitative estimate of drug-likeness (QED) is 0.763. The highest BCUT2D eigenvalue weighted by molar-refractivity contribution is 5.62. The Morgan fingerprint density at radius 2 is 1.60 bits per heavy atom. The molecule has 1 aromatic carbocycles. The monoisotopic (exact) mass is 201 g/mol. The third-order valence-corrected chi connectivity index (χ3v) is 2.29. The molecule has 0 saturated carbocycles. The summed E-state index contributed by atoms with van der Waals surface area (Å²) in [5.41, 5.74) is 1.90. The van der Waals surface area contributed by atoms with E-state index in [1.165, 1.54) is 10.6 Å². The zero-order valence-corrected chi connectivity index (χ0v) is 8.34. The van der Waals surface area contributed by atoms with Gasteiger partial charge in [-0.3, -0.25) is 4.79 Å². The van der Waals surface area contributed by atoms with Gasteiger partial charge >= 0.3 is 0 Å². The van der Waals surface area contributed by atoms with Crippen LogP contribution in [-0.4, -0.2) is 9.67 Å². The topological polar surface area (TPSA) is 42.2 Å². The predicted molar refractivity (Wildman–Crippen MR) is 58.8 cm³/mol. The first-order valence-electron chi connectivity index (χ1n) is 4.63. The molecule has 0 bridgehead atoms. The highest BCUT2D eigenvalue weighted by Gasteiger charge is 1.98. The molecule has 0 fully saturated rings. The standard InChI is InChI=1S/C12H11NO2/c1-13-8-10(4-7-12(13)15)9-2-5-11(14)6-3-9/h2-8,14H,1H3. The molecule has 1 heterocycles. The van der Waals surface area contributed by atoms with Crippen LogP contribution in [0.15, 0.2) is 47.4 Å². The van der Waals surface area contributed by atoms with E-state index >= 15 is 0 Å². The molecular formula is C12H11NO2. The summed E-state index contributed by atoms with van der Waals surface area (Å²) in [7, 11) is 1.71. The third-order valence-electron chi connectivity index (χ3n) is 2.29. The van der Waals surface area contributed by atoms with Gasteiger partial charge in [0.1, 0.15) is 5.75 Å². The Morgan fingerprint density at radius 3 is 2.20 bits per heavy atom. The van der Waals surface area contributed by atoms with E-state index in [2.05, 4.69) is 0 Å². The van der Waals surface area contributed by atoms with Gasteiger partial charge in [-0.05, 0) is 29.3 Å². The van der Waals surface area contributed by atoms with Gasteiger partial charge in [-0.1, -0.05) is 12.1 Å². The maximum Gasteiger partial charge on any atom is 0.250 e. The lowest BCUT2D eigenvalue weighted by Crippen LogP contribution is -2.13. The highest BCUT2D eigenvalue weighted by Crippen LogP contribution is 2.20. The van der Waals surface area contributed by atoms with Crippen LogP contribution in [0.2, 0.25) is 0 Å². The number of benzene rings is 1. The minimum atomic E-state index is -0.0301. The molecule has 0 aliphatic rings. The van der Waals surface area contributed by atoms with Crippen LogP contribution >= 0.6 is 0 Å². The van der Waals surface area contributed by atoms with Crippen molar-refractivity contribution in [3.63, 3.8) is 0 Å². The van der Waals surface area contributed by atoms with Crippen LogP contribution in [0, 0.1) is 0 Å². The fraction of sp³-hybridized carbons (Fsp3) is 0.0833. The van der Waals surface area contributed by atoms with Gasteiger partial charge in [0.05, 0.1) is 0 Å². The molecule has 3 nitrogen and oxygen atoms in total. The maximum absolute atomic E-state index is 11.2. The molecule has 3 heteroatoms. The fourth-order valence-electron chi connectivity index (χ4n) is 1.42. The number of pyridine rings is 1. The minimum absolute atomic E-state index is 0.0301. The van der Waals surface area contributed by atoms with E-state index in [1.807, 2.05) is 12.1 Å². The van der Waals surface area contributed by atoms with Gasteiger partial charge in [0, 0.05) is 19.3 Å². The average molecular weight is 201 g/mol. The molecule has 15 heavy (non-hydrogen) atoms. The van der Waals surface area contributed by atoms with Gasteiger partial charge in [-0.15, -0.1) is 0 Å². The zero-order valence-electron chi connectivity index (χ0n) is 8.34. The number of hydrogen-bond donors (Lipinski definition) is 1. The number of phenolic OH excluding ortho intramolecular Hbond substituents is 1. The number of hydrogen-bond acceptors (Lipinski definition) is 2. The van der Waals surface area contributed by atoms with Gasteiger partial charge in [-0.25, -0.2) is 0 Å². The number of aryl methyl sites for hydroxylation is 1. The molecule has 0 aliphatic carbocycles. The van der Waals surface area contributed by atoms with Crippen LogP contribution in [0.25, 0.3) is 11.1 Å². The Labute approximate surface area is 87.2 Å². The number of rotatable bonds is 1. The molecule has 1 aromatic heterocycles. The van der Waals surface area contributed by atoms with Crippen LogP contribution in [-0.2, 0) is 7.05 Å². The van der Waals surface area contributed by atoms with Gasteiger partial charge in [0.15, 0.2) is 0 Å². The summed E-state index contributed by atoms with van der Waals surface area (Å²) in [5.74, 6) is 0.239. The van der Waals surface area contributed by atoms with E-state index < -0.39 is 0 Å². The van der Waals surface area contributed by atoms with E-state index in [0.717, 1.165) is 11.1 Å². The molecule has 0 amide bonds. The van der Waals surface area contributed by atoms with Gasteiger partial charge in [0.2, 0.25) is 5.56 Å². The molecule has 0 radical (unpaired) electrons. The van der Waals surface area contributed by atoms with Crippen LogP contribution in [0.4, 0.5) is 0 Å². The first-order valence-corrected chi connectivity index (χ1v) is 4.63. The van der Waals surface area contributed by atoms with E-state index in [4.69, 9.17) is 5.11 Å². The first-order chi connectivity index (χ1) is 7.16. The molecule has 0 atom stereocenters. The normalized spacial score (nSPS) is 10.2. The van der Waals surface area contributed by atoms with E-state index in [9.17, 15) is 4.79 Å². The number of phenols is 1. The van der Waals surface area contributed by atoms with Crippen molar-refractivity contribution in [1.29, 1.82) is 0 Å². The summed E-state index contributed by atoms with van der Waals surface area (Å²) in [6.45, 7) is 0. The van der Waals surface area contributed by atoms with Crippen molar-refractivity contribution in [2.75, 3.05) is 0 Å². The second-order valence-electron chi connectivity index (χ2n) is 3.41. The minimum Gasteiger partial charge on any atom is -0.508 e. The Bertz CT molecular complexity index is 526. The summed E-state index contributed by atoms with van der Waals surface area (Å²) in [6.07, 6.45) is 1.77. The smallest absolute Gasteiger partial charge is 0.250 e. The molecule has 0 aliphatic heterocycles. The Kier molecular flexibility index (Phi) is 2.29. The van der Waals surface area contributed by atoms with Crippen molar-refractivity contribution in [3.05, 3.63) is 52.9 Å². The van der Waals surface area contributed by atoms with E-state index in [0.29, 0.717) is 0 Å². The number of nitrogens with zero attached hydrogens (tertiary/aromatic N) is 1. The van der Waals surface area contributed by atoms with Crippen molar-refractivity contribution in [2.24, 2.45) is 7.05 Å². The Hall–Kier alpha value is -2.03. The molecule has 1 N–H and O–H groups in total. The Balaban J connectivity index is 2.50. The van der Waals surface area contributed by atoms with Crippen molar-refractivity contribution in [3.8, 4) is 16.9 Å². The molecule has 0 spiro atoms. The summed E-state index contributed by atoms with van der Waals surface area (Å²) in [4.78, 5) is 11.2. The van der Waals surface area contributed by atoms with E-state index in [1.54, 1.807) is 31.4 Å². The van der Waals surface area contributed by atoms with Crippen molar-refractivity contribution in [2.45, 2.75) is 0 Å². The van der Waals surface area contributed by atoms with Gasteiger partial charge in [0.25, 0.3) is 0 Å². The van der Waals surface area contributed by atoms with Crippen molar-refractivity contribution < 1.29 is 5.11 Å². The van der Waals surface area contributed by atoms with Crippen molar-refractivity contribution >= 4 is 0 Å². The molecular weight excluding hydrogens is 190 g/mol. The zero-order chi connectivity index (χ0) is 10.8. The summed E-state index contributed by atoms with van der Waals surface area (Å²) >= 11 is 0. The summed E-state index contributed by atoms with van der Waals surface area (Å²) in [6, 6.07) is 10.2. The van der Waals surface area contributed by atoms with Crippen molar-refractivity contribution in [1.82, 2.24) is 4.57 Å².